The van der Waals surface area contributed by atoms with Gasteiger partial charge >= 0.3 is 0 Å². The number of nitrogens with zero attached hydrogens (tertiary/aromatic N) is 2. The summed E-state index contributed by atoms with van der Waals surface area (Å²) in [5.41, 5.74) is -0.0200. The Balaban J connectivity index is 1.94. The van der Waals surface area contributed by atoms with Crippen LogP contribution in [0.25, 0.3) is 0 Å². The van der Waals surface area contributed by atoms with Crippen molar-refractivity contribution in [2.75, 3.05) is 25.1 Å². The first-order chi connectivity index (χ1) is 8.66. The predicted molar refractivity (Wildman–Crippen MR) is 70.6 cm³/mol. The zero-order valence-corrected chi connectivity index (χ0v) is 11.4. The monoisotopic (exact) mass is 315 g/mol. The summed E-state index contributed by atoms with van der Waals surface area (Å²) in [7, 11) is 0. The van der Waals surface area contributed by atoms with E-state index in [4.69, 9.17) is 4.74 Å². The van der Waals surface area contributed by atoms with Crippen LogP contribution in [-0.2, 0) is 4.74 Å². The molecule has 18 heavy (non-hydrogen) atoms. The molecule has 1 aromatic rings. The maximum atomic E-state index is 10.6. The normalized spacial score (nSPS) is 19.5. The van der Waals surface area contributed by atoms with Gasteiger partial charge in [-0.3, -0.25) is 10.1 Å². The van der Waals surface area contributed by atoms with Crippen LogP contribution in [0.5, 0.6) is 0 Å². The van der Waals surface area contributed by atoms with E-state index in [1.165, 1.54) is 12.3 Å². The maximum absolute atomic E-state index is 10.6. The van der Waals surface area contributed by atoms with Crippen molar-refractivity contribution in [3.63, 3.8) is 0 Å². The summed E-state index contributed by atoms with van der Waals surface area (Å²) in [4.78, 5) is 14.2. The zero-order valence-electron chi connectivity index (χ0n) is 9.76. The quantitative estimate of drug-likeness (QED) is 0.682. The van der Waals surface area contributed by atoms with Crippen molar-refractivity contribution >= 4 is 27.4 Å². The molecule has 2 rings (SSSR count). The minimum absolute atomic E-state index is 0.0200. The lowest BCUT2D eigenvalue weighted by Crippen LogP contribution is -2.24. The van der Waals surface area contributed by atoms with E-state index in [-0.39, 0.29) is 5.69 Å². The molecule has 0 aromatic carbocycles. The van der Waals surface area contributed by atoms with Crippen LogP contribution in [0.2, 0.25) is 0 Å². The van der Waals surface area contributed by atoms with E-state index in [0.717, 1.165) is 32.6 Å². The highest BCUT2D eigenvalue weighted by Crippen LogP contribution is 2.25. The Morgan fingerprint density at radius 2 is 2.50 bits per heavy atom. The van der Waals surface area contributed by atoms with Crippen LogP contribution in [0.4, 0.5) is 11.5 Å². The third-order valence-electron chi connectivity index (χ3n) is 2.85. The van der Waals surface area contributed by atoms with E-state index >= 15 is 0 Å². The van der Waals surface area contributed by atoms with Crippen molar-refractivity contribution in [3.05, 3.63) is 26.9 Å². The molecular weight excluding hydrogens is 302 g/mol. The highest BCUT2D eigenvalue weighted by Gasteiger charge is 2.15. The van der Waals surface area contributed by atoms with Crippen LogP contribution in [-0.4, -0.2) is 29.7 Å². The molecule has 7 heteroatoms. The highest BCUT2D eigenvalue weighted by molar-refractivity contribution is 9.10. The van der Waals surface area contributed by atoms with Gasteiger partial charge in [0.2, 0.25) is 0 Å². The molecule has 1 N–H and O–H groups in total. The van der Waals surface area contributed by atoms with Crippen LogP contribution in [0.1, 0.15) is 12.8 Å². The Morgan fingerprint density at radius 1 is 1.67 bits per heavy atom. The lowest BCUT2D eigenvalue weighted by molar-refractivity contribution is -0.385. The summed E-state index contributed by atoms with van der Waals surface area (Å²) in [6.07, 6.45) is 3.48. The summed E-state index contributed by atoms with van der Waals surface area (Å²) >= 11 is 3.28. The van der Waals surface area contributed by atoms with Crippen LogP contribution in [0, 0.1) is 16.0 Å². The van der Waals surface area contributed by atoms with Gasteiger partial charge in [-0.2, -0.15) is 0 Å². The second kappa shape index (κ2) is 6.10. The minimum Gasteiger partial charge on any atom is -0.381 e. The van der Waals surface area contributed by atoms with Gasteiger partial charge in [0.1, 0.15) is 12.0 Å². The number of hydrogen-bond acceptors (Lipinski definition) is 5. The van der Waals surface area contributed by atoms with Gasteiger partial charge in [0, 0.05) is 19.2 Å². The van der Waals surface area contributed by atoms with Crippen LogP contribution < -0.4 is 5.32 Å². The number of nitrogens with one attached hydrogen (secondary N) is 1. The van der Waals surface area contributed by atoms with E-state index in [1.807, 2.05) is 0 Å². The average molecular weight is 316 g/mol. The fourth-order valence-electron chi connectivity index (χ4n) is 1.87. The number of pyridine rings is 1. The molecular formula is C11H14BrN3O3. The summed E-state index contributed by atoms with van der Waals surface area (Å²) in [6.45, 7) is 2.37. The van der Waals surface area contributed by atoms with Crippen molar-refractivity contribution in [3.8, 4) is 0 Å². The number of nitro groups is 1. The fraction of sp³-hybridized carbons (Fsp3) is 0.545. The van der Waals surface area contributed by atoms with E-state index < -0.39 is 4.92 Å². The average Bonchev–Trinajstić information content (AvgIpc) is 2.38. The minimum atomic E-state index is -0.462. The van der Waals surface area contributed by atoms with Gasteiger partial charge < -0.3 is 10.1 Å². The largest absolute Gasteiger partial charge is 0.381 e. The molecule has 0 radical (unpaired) electrons. The standard InChI is InChI=1S/C11H14BrN3O3/c12-10-4-9(15(16)17)6-14-11(10)13-5-8-2-1-3-18-7-8/h4,6,8H,1-3,5,7H2,(H,13,14). The SMILES string of the molecule is O=[N+]([O-])c1cnc(NCC2CCCOC2)c(Br)c1. The van der Waals surface area contributed by atoms with Gasteiger partial charge in [-0.25, -0.2) is 4.98 Å². The summed E-state index contributed by atoms with van der Waals surface area (Å²) in [6, 6.07) is 1.45. The molecule has 1 aliphatic rings. The molecule has 1 aromatic heterocycles. The molecule has 0 spiro atoms. The zero-order chi connectivity index (χ0) is 13.0. The molecule has 0 bridgehead atoms. The molecule has 0 aliphatic carbocycles. The number of ether oxygens (including phenoxy) is 1. The van der Waals surface area contributed by atoms with Crippen molar-refractivity contribution in [1.29, 1.82) is 0 Å². The van der Waals surface area contributed by atoms with Crippen molar-refractivity contribution < 1.29 is 9.66 Å². The van der Waals surface area contributed by atoms with Gasteiger partial charge in [0.15, 0.2) is 0 Å². The first-order valence-electron chi connectivity index (χ1n) is 5.78. The summed E-state index contributed by atoms with van der Waals surface area (Å²) in [5, 5.41) is 13.8. The third-order valence-corrected chi connectivity index (χ3v) is 3.45. The first-order valence-corrected chi connectivity index (χ1v) is 6.57. The highest BCUT2D eigenvalue weighted by atomic mass is 79.9. The molecule has 2 heterocycles. The molecule has 6 nitrogen and oxygen atoms in total. The Kier molecular flexibility index (Phi) is 4.48. The molecule has 1 aliphatic heterocycles. The molecule has 1 atom stereocenters. The number of rotatable bonds is 4. The Bertz CT molecular complexity index is 436. The van der Waals surface area contributed by atoms with Gasteiger partial charge in [-0.05, 0) is 34.7 Å². The number of hydrogen-bond donors (Lipinski definition) is 1. The van der Waals surface area contributed by atoms with Crippen LogP contribution >= 0.6 is 15.9 Å². The molecule has 1 saturated heterocycles. The van der Waals surface area contributed by atoms with Gasteiger partial charge in [-0.1, -0.05) is 0 Å². The van der Waals surface area contributed by atoms with E-state index in [9.17, 15) is 10.1 Å². The lowest BCUT2D eigenvalue weighted by atomic mass is 10.0. The van der Waals surface area contributed by atoms with Crippen molar-refractivity contribution in [2.24, 2.45) is 5.92 Å². The van der Waals surface area contributed by atoms with E-state index in [2.05, 4.69) is 26.2 Å². The van der Waals surface area contributed by atoms with Crippen molar-refractivity contribution in [1.82, 2.24) is 4.98 Å². The first kappa shape index (κ1) is 13.2. The summed E-state index contributed by atoms with van der Waals surface area (Å²) < 4.78 is 5.99. The topological polar surface area (TPSA) is 77.3 Å². The molecule has 1 unspecified atom stereocenters. The lowest BCUT2D eigenvalue weighted by Gasteiger charge is -2.22. The van der Waals surface area contributed by atoms with Crippen molar-refractivity contribution in [2.45, 2.75) is 12.8 Å². The van der Waals surface area contributed by atoms with E-state index in [1.54, 1.807) is 0 Å². The Labute approximate surface area is 113 Å². The Morgan fingerprint density at radius 3 is 3.11 bits per heavy atom. The number of anilines is 1. The molecule has 0 saturated carbocycles. The molecule has 1 fully saturated rings. The molecule has 98 valence electrons. The number of aromatic nitrogens is 1. The number of halogens is 1. The maximum Gasteiger partial charge on any atom is 0.288 e. The van der Waals surface area contributed by atoms with Gasteiger partial charge in [-0.15, -0.1) is 0 Å². The molecule has 0 amide bonds. The smallest absolute Gasteiger partial charge is 0.288 e. The van der Waals surface area contributed by atoms with Crippen LogP contribution in [0.15, 0.2) is 16.7 Å². The van der Waals surface area contributed by atoms with Crippen LogP contribution in [0.3, 0.4) is 0 Å². The van der Waals surface area contributed by atoms with E-state index in [0.29, 0.717) is 16.2 Å². The van der Waals surface area contributed by atoms with Gasteiger partial charge in [0.05, 0.1) is 16.0 Å². The third kappa shape index (κ3) is 3.39. The second-order valence-corrected chi connectivity index (χ2v) is 5.10. The second-order valence-electron chi connectivity index (χ2n) is 4.25. The summed E-state index contributed by atoms with van der Waals surface area (Å²) in [5.74, 6) is 1.11. The Hall–Kier alpha value is -1.21. The van der Waals surface area contributed by atoms with Gasteiger partial charge in [0.25, 0.3) is 5.69 Å². The fourth-order valence-corrected chi connectivity index (χ4v) is 2.34. The predicted octanol–water partition coefficient (Wildman–Crippen LogP) is 2.59.